The van der Waals surface area contributed by atoms with E-state index in [0.29, 0.717) is 39.5 Å². The van der Waals surface area contributed by atoms with E-state index in [-0.39, 0.29) is 11.3 Å². The number of methoxy groups -OCH3 is 2. The van der Waals surface area contributed by atoms with Gasteiger partial charge in [-0.05, 0) is 48.9 Å². The second-order valence-corrected chi connectivity index (χ2v) is 7.56. The number of benzene rings is 3. The smallest absolute Gasteiger partial charge is 0.308 e. The van der Waals surface area contributed by atoms with Crippen molar-refractivity contribution in [3.63, 3.8) is 0 Å². The summed E-state index contributed by atoms with van der Waals surface area (Å²) in [4.78, 5) is 30.1. The minimum atomic E-state index is -0.468. The Morgan fingerprint density at radius 2 is 1.62 bits per heavy atom. The van der Waals surface area contributed by atoms with Crippen LogP contribution in [0, 0.1) is 6.92 Å². The van der Waals surface area contributed by atoms with Gasteiger partial charge in [-0.3, -0.25) is 14.2 Å². The van der Waals surface area contributed by atoms with Crippen molar-refractivity contribution < 1.29 is 19.0 Å². The molecule has 34 heavy (non-hydrogen) atoms. The SMILES string of the molecule is COc1cccc(/C=C/c2nc3ccccc3c(=O)n2-c2c(C)cccc2OC)c1OC(C)=O. The fourth-order valence-electron chi connectivity index (χ4n) is 3.80. The summed E-state index contributed by atoms with van der Waals surface area (Å²) in [7, 11) is 3.07. The van der Waals surface area contributed by atoms with Crippen LogP contribution in [0.2, 0.25) is 0 Å². The molecular formula is C27H24N2O5. The van der Waals surface area contributed by atoms with Crippen LogP contribution in [0.3, 0.4) is 0 Å². The second-order valence-electron chi connectivity index (χ2n) is 7.56. The maximum absolute atomic E-state index is 13.6. The number of nitrogens with zero attached hydrogens (tertiary/aromatic N) is 2. The number of aromatic nitrogens is 2. The highest BCUT2D eigenvalue weighted by Gasteiger charge is 2.17. The van der Waals surface area contributed by atoms with Crippen molar-refractivity contribution in [1.82, 2.24) is 9.55 Å². The maximum atomic E-state index is 13.6. The lowest BCUT2D eigenvalue weighted by Gasteiger charge is -2.17. The van der Waals surface area contributed by atoms with Gasteiger partial charge in [-0.2, -0.15) is 0 Å². The number of hydrogen-bond acceptors (Lipinski definition) is 6. The third-order valence-electron chi connectivity index (χ3n) is 5.33. The van der Waals surface area contributed by atoms with Crippen molar-refractivity contribution in [2.24, 2.45) is 0 Å². The van der Waals surface area contributed by atoms with Gasteiger partial charge in [-0.25, -0.2) is 4.98 Å². The van der Waals surface area contributed by atoms with Gasteiger partial charge in [0.15, 0.2) is 11.5 Å². The number of carbonyl (C=O) groups is 1. The second kappa shape index (κ2) is 9.62. The van der Waals surface area contributed by atoms with Crippen molar-refractivity contribution >= 4 is 29.0 Å². The van der Waals surface area contributed by atoms with Crippen molar-refractivity contribution in [3.8, 4) is 22.9 Å². The first kappa shape index (κ1) is 22.8. The lowest BCUT2D eigenvalue weighted by atomic mass is 10.1. The molecule has 0 radical (unpaired) electrons. The molecule has 4 aromatic rings. The van der Waals surface area contributed by atoms with Gasteiger partial charge in [0.25, 0.3) is 5.56 Å². The molecule has 0 saturated carbocycles. The Hall–Kier alpha value is -4.39. The molecule has 7 heteroatoms. The van der Waals surface area contributed by atoms with Crippen LogP contribution in [0.1, 0.15) is 23.9 Å². The summed E-state index contributed by atoms with van der Waals surface area (Å²) in [5.74, 6) is 1.19. The van der Waals surface area contributed by atoms with Crippen LogP contribution in [0.4, 0.5) is 0 Å². The highest BCUT2D eigenvalue weighted by atomic mass is 16.6. The molecule has 0 aliphatic rings. The first-order valence-corrected chi connectivity index (χ1v) is 10.6. The molecule has 0 bridgehead atoms. The van der Waals surface area contributed by atoms with Crippen molar-refractivity contribution in [2.75, 3.05) is 14.2 Å². The number of ether oxygens (including phenoxy) is 3. The lowest BCUT2D eigenvalue weighted by Crippen LogP contribution is -2.23. The Morgan fingerprint density at radius 1 is 0.912 bits per heavy atom. The number of carbonyl (C=O) groups excluding carboxylic acids is 1. The van der Waals surface area contributed by atoms with E-state index in [0.717, 1.165) is 5.56 Å². The summed E-state index contributed by atoms with van der Waals surface area (Å²) in [6.07, 6.45) is 3.44. The number of rotatable bonds is 6. The van der Waals surface area contributed by atoms with Crippen LogP contribution in [0.5, 0.6) is 17.2 Å². The van der Waals surface area contributed by atoms with E-state index in [1.165, 1.54) is 14.0 Å². The fraction of sp³-hybridized carbons (Fsp3) is 0.148. The summed E-state index contributed by atoms with van der Waals surface area (Å²) < 4.78 is 17.9. The van der Waals surface area contributed by atoms with Gasteiger partial charge in [0.1, 0.15) is 11.6 Å². The zero-order valence-corrected chi connectivity index (χ0v) is 19.4. The topological polar surface area (TPSA) is 79.7 Å². The highest BCUT2D eigenvalue weighted by molar-refractivity contribution is 5.82. The number of fused-ring (bicyclic) bond motifs is 1. The quantitative estimate of drug-likeness (QED) is 0.306. The van der Waals surface area contributed by atoms with E-state index in [1.807, 2.05) is 31.2 Å². The first-order chi connectivity index (χ1) is 16.4. The molecule has 3 aromatic carbocycles. The number of aryl methyl sites for hydroxylation is 1. The van der Waals surface area contributed by atoms with E-state index in [9.17, 15) is 9.59 Å². The summed E-state index contributed by atoms with van der Waals surface area (Å²) >= 11 is 0. The average molecular weight is 456 g/mol. The molecule has 7 nitrogen and oxygen atoms in total. The molecule has 1 heterocycles. The number of esters is 1. The molecule has 172 valence electrons. The Morgan fingerprint density at radius 3 is 2.35 bits per heavy atom. The molecule has 0 aliphatic carbocycles. The minimum absolute atomic E-state index is 0.219. The Bertz CT molecular complexity index is 1470. The molecule has 0 fully saturated rings. The third kappa shape index (κ3) is 4.28. The van der Waals surface area contributed by atoms with Crippen LogP contribution in [0.15, 0.2) is 65.5 Å². The number of hydrogen-bond donors (Lipinski definition) is 0. The van der Waals surface area contributed by atoms with Gasteiger partial charge in [-0.1, -0.05) is 36.4 Å². The van der Waals surface area contributed by atoms with Gasteiger partial charge >= 0.3 is 5.97 Å². The van der Waals surface area contributed by atoms with Crippen molar-refractivity contribution in [3.05, 3.63) is 88.0 Å². The van der Waals surface area contributed by atoms with E-state index in [2.05, 4.69) is 0 Å². The Labute approximate surface area is 196 Å². The zero-order valence-electron chi connectivity index (χ0n) is 19.4. The van der Waals surface area contributed by atoms with Crippen LogP contribution in [-0.2, 0) is 4.79 Å². The van der Waals surface area contributed by atoms with Crippen LogP contribution < -0.4 is 19.8 Å². The summed E-state index contributed by atoms with van der Waals surface area (Å²) in [5, 5.41) is 0.493. The fourth-order valence-corrected chi connectivity index (χ4v) is 3.80. The molecule has 4 rings (SSSR count). The Balaban J connectivity index is 1.98. The predicted molar refractivity (Wildman–Crippen MR) is 132 cm³/mol. The lowest BCUT2D eigenvalue weighted by molar-refractivity contribution is -0.132. The standard InChI is InChI=1S/C27H24N2O5/c1-17-9-7-13-22(32-3)25(17)29-24(28-21-12-6-5-11-20(21)27(29)31)16-15-19-10-8-14-23(33-4)26(19)34-18(2)30/h5-16H,1-4H3/b16-15+. The molecule has 0 unspecified atom stereocenters. The molecule has 0 spiro atoms. The number of para-hydroxylation sites is 3. The van der Waals surface area contributed by atoms with Gasteiger partial charge < -0.3 is 14.2 Å². The van der Waals surface area contributed by atoms with Gasteiger partial charge in [0, 0.05) is 12.5 Å². The minimum Gasteiger partial charge on any atom is -0.495 e. The van der Waals surface area contributed by atoms with E-state index >= 15 is 0 Å². The molecular weight excluding hydrogens is 432 g/mol. The van der Waals surface area contributed by atoms with Crippen LogP contribution in [-0.4, -0.2) is 29.7 Å². The molecule has 0 atom stereocenters. The largest absolute Gasteiger partial charge is 0.495 e. The molecule has 0 saturated heterocycles. The normalized spacial score (nSPS) is 11.1. The monoisotopic (exact) mass is 456 g/mol. The van der Waals surface area contributed by atoms with E-state index in [1.54, 1.807) is 60.2 Å². The van der Waals surface area contributed by atoms with Gasteiger partial charge in [0.05, 0.1) is 30.8 Å². The maximum Gasteiger partial charge on any atom is 0.308 e. The van der Waals surface area contributed by atoms with Gasteiger partial charge in [-0.15, -0.1) is 0 Å². The third-order valence-corrected chi connectivity index (χ3v) is 5.33. The summed E-state index contributed by atoms with van der Waals surface area (Å²) in [5.41, 5.74) is 2.42. The average Bonchev–Trinajstić information content (AvgIpc) is 2.83. The van der Waals surface area contributed by atoms with Gasteiger partial charge in [0.2, 0.25) is 0 Å². The van der Waals surface area contributed by atoms with Crippen LogP contribution >= 0.6 is 0 Å². The Kier molecular flexibility index (Phi) is 6.45. The predicted octanol–water partition coefficient (Wildman–Crippen LogP) is 4.81. The van der Waals surface area contributed by atoms with E-state index in [4.69, 9.17) is 19.2 Å². The molecule has 0 N–H and O–H groups in total. The summed E-state index contributed by atoms with van der Waals surface area (Å²) in [6, 6.07) is 18.1. The first-order valence-electron chi connectivity index (χ1n) is 10.6. The zero-order chi connectivity index (χ0) is 24.2. The van der Waals surface area contributed by atoms with E-state index < -0.39 is 5.97 Å². The molecule has 0 amide bonds. The molecule has 1 aromatic heterocycles. The highest BCUT2D eigenvalue weighted by Crippen LogP contribution is 2.33. The van der Waals surface area contributed by atoms with Crippen molar-refractivity contribution in [2.45, 2.75) is 13.8 Å². The van der Waals surface area contributed by atoms with Crippen LogP contribution in [0.25, 0.3) is 28.7 Å². The molecule has 0 aliphatic heterocycles. The summed E-state index contributed by atoms with van der Waals surface area (Å²) in [6.45, 7) is 3.24. The van der Waals surface area contributed by atoms with Crippen molar-refractivity contribution in [1.29, 1.82) is 0 Å².